The van der Waals surface area contributed by atoms with Crippen molar-refractivity contribution in [1.29, 1.82) is 0 Å². The van der Waals surface area contributed by atoms with E-state index in [1.165, 1.54) is 12.1 Å². The molecule has 0 spiro atoms. The lowest BCUT2D eigenvalue weighted by Gasteiger charge is -2.08. The van der Waals surface area contributed by atoms with Gasteiger partial charge < -0.3 is 19.9 Å². The molecule has 0 radical (unpaired) electrons. The van der Waals surface area contributed by atoms with E-state index < -0.39 is 11.0 Å². The topological polar surface area (TPSA) is 111 Å². The number of benzene rings is 2. The van der Waals surface area contributed by atoms with Crippen molar-refractivity contribution >= 4 is 11.8 Å². The highest BCUT2D eigenvalue weighted by atomic mass is 16.6. The van der Waals surface area contributed by atoms with Crippen LogP contribution in [0.15, 0.2) is 48.5 Å². The Morgan fingerprint density at radius 1 is 1.12 bits per heavy atom. The number of nitro groups is 1. The molecule has 8 nitrogen and oxygen atoms in total. The molecule has 0 aliphatic carbocycles. The second kappa shape index (κ2) is 8.37. The standard InChI is InChI=1S/C16H16N2O6/c19-16(20)17-9-2-10-23-13-5-7-14(8-6-13)24-15-4-1-3-12(11-15)18(21)22/h1,3-8,11,17H,2,9-10H2,(H,19,20). The summed E-state index contributed by atoms with van der Waals surface area (Å²) in [6, 6.07) is 12.7. The van der Waals surface area contributed by atoms with Crippen LogP contribution in [0.5, 0.6) is 17.2 Å². The molecule has 0 aromatic heterocycles. The number of amides is 1. The molecule has 0 bridgehead atoms. The Labute approximate surface area is 137 Å². The van der Waals surface area contributed by atoms with Gasteiger partial charge in [-0.05, 0) is 36.8 Å². The Morgan fingerprint density at radius 2 is 1.83 bits per heavy atom. The number of ether oxygens (including phenoxy) is 2. The van der Waals surface area contributed by atoms with Gasteiger partial charge in [0.15, 0.2) is 0 Å². The highest BCUT2D eigenvalue weighted by Gasteiger charge is 2.07. The molecule has 1 amide bonds. The monoisotopic (exact) mass is 332 g/mol. The van der Waals surface area contributed by atoms with Crippen molar-refractivity contribution in [1.82, 2.24) is 5.32 Å². The smallest absolute Gasteiger partial charge is 0.404 e. The van der Waals surface area contributed by atoms with Crippen molar-refractivity contribution in [2.75, 3.05) is 13.2 Å². The molecule has 2 rings (SSSR count). The Kier molecular flexibility index (Phi) is 5.95. The molecule has 0 saturated carbocycles. The quantitative estimate of drug-likeness (QED) is 0.435. The maximum atomic E-state index is 10.7. The van der Waals surface area contributed by atoms with Gasteiger partial charge in [-0.25, -0.2) is 4.79 Å². The number of carboxylic acid groups (broad SMARTS) is 1. The van der Waals surface area contributed by atoms with Crippen LogP contribution in [0.25, 0.3) is 0 Å². The van der Waals surface area contributed by atoms with Gasteiger partial charge in [-0.1, -0.05) is 6.07 Å². The predicted molar refractivity (Wildman–Crippen MR) is 85.8 cm³/mol. The number of non-ortho nitro benzene ring substituents is 1. The predicted octanol–water partition coefficient (Wildman–Crippen LogP) is 3.42. The summed E-state index contributed by atoms with van der Waals surface area (Å²) in [6.07, 6.45) is -0.504. The van der Waals surface area contributed by atoms with Gasteiger partial charge in [0.1, 0.15) is 17.2 Å². The normalized spacial score (nSPS) is 10.0. The average Bonchev–Trinajstić information content (AvgIpc) is 2.56. The first kappa shape index (κ1) is 17.1. The third kappa shape index (κ3) is 5.48. The van der Waals surface area contributed by atoms with Crippen LogP contribution in [0, 0.1) is 10.1 Å². The first-order chi connectivity index (χ1) is 11.5. The maximum absolute atomic E-state index is 10.7. The van der Waals surface area contributed by atoms with Crippen LogP contribution in [-0.2, 0) is 0 Å². The van der Waals surface area contributed by atoms with E-state index in [1.54, 1.807) is 36.4 Å². The highest BCUT2D eigenvalue weighted by Crippen LogP contribution is 2.26. The van der Waals surface area contributed by atoms with Gasteiger partial charge in [-0.15, -0.1) is 0 Å². The van der Waals surface area contributed by atoms with Crippen LogP contribution in [0.2, 0.25) is 0 Å². The van der Waals surface area contributed by atoms with Gasteiger partial charge in [-0.3, -0.25) is 10.1 Å². The minimum Gasteiger partial charge on any atom is -0.494 e. The number of hydrogen-bond acceptors (Lipinski definition) is 5. The molecule has 0 atom stereocenters. The van der Waals surface area contributed by atoms with Gasteiger partial charge in [0.2, 0.25) is 0 Å². The van der Waals surface area contributed by atoms with Crippen LogP contribution in [0.3, 0.4) is 0 Å². The van der Waals surface area contributed by atoms with Gasteiger partial charge in [0.05, 0.1) is 17.6 Å². The summed E-state index contributed by atoms with van der Waals surface area (Å²) < 4.78 is 11.0. The number of hydrogen-bond donors (Lipinski definition) is 2. The second-order valence-corrected chi connectivity index (χ2v) is 4.76. The summed E-state index contributed by atoms with van der Waals surface area (Å²) in [7, 11) is 0. The van der Waals surface area contributed by atoms with Crippen LogP contribution in [-0.4, -0.2) is 29.3 Å². The maximum Gasteiger partial charge on any atom is 0.404 e. The van der Waals surface area contributed by atoms with E-state index in [4.69, 9.17) is 14.6 Å². The Hall–Kier alpha value is -3.29. The van der Waals surface area contributed by atoms with Gasteiger partial charge >= 0.3 is 6.09 Å². The second-order valence-electron chi connectivity index (χ2n) is 4.76. The molecule has 0 fully saturated rings. The molecular weight excluding hydrogens is 316 g/mol. The largest absolute Gasteiger partial charge is 0.494 e. The number of rotatable bonds is 8. The Bertz CT molecular complexity index is 702. The summed E-state index contributed by atoms with van der Waals surface area (Å²) >= 11 is 0. The molecule has 8 heteroatoms. The fraction of sp³-hybridized carbons (Fsp3) is 0.188. The fourth-order valence-electron chi connectivity index (χ4n) is 1.86. The Morgan fingerprint density at radius 3 is 2.50 bits per heavy atom. The van der Waals surface area contributed by atoms with Crippen molar-refractivity contribution in [2.45, 2.75) is 6.42 Å². The van der Waals surface area contributed by atoms with E-state index in [1.807, 2.05) is 0 Å². The van der Waals surface area contributed by atoms with Crippen molar-refractivity contribution < 1.29 is 24.3 Å². The highest BCUT2D eigenvalue weighted by molar-refractivity contribution is 5.64. The minimum absolute atomic E-state index is 0.0394. The summed E-state index contributed by atoms with van der Waals surface area (Å²) in [5.74, 6) is 1.52. The van der Waals surface area contributed by atoms with Crippen LogP contribution in [0.4, 0.5) is 10.5 Å². The first-order valence-corrected chi connectivity index (χ1v) is 7.16. The third-order valence-corrected chi connectivity index (χ3v) is 2.95. The average molecular weight is 332 g/mol. The van der Waals surface area contributed by atoms with Gasteiger partial charge in [0.25, 0.3) is 5.69 Å². The molecule has 0 aliphatic heterocycles. The zero-order valence-electron chi connectivity index (χ0n) is 12.7. The number of nitro benzene ring substituents is 1. The molecule has 0 unspecified atom stereocenters. The fourth-order valence-corrected chi connectivity index (χ4v) is 1.86. The molecule has 0 heterocycles. The van der Waals surface area contributed by atoms with Crippen molar-refractivity contribution in [3.63, 3.8) is 0 Å². The SMILES string of the molecule is O=C(O)NCCCOc1ccc(Oc2cccc([N+](=O)[O-])c2)cc1. The van der Waals surface area contributed by atoms with E-state index in [0.29, 0.717) is 36.8 Å². The van der Waals surface area contributed by atoms with Crippen LogP contribution in [0.1, 0.15) is 6.42 Å². The summed E-state index contributed by atoms with van der Waals surface area (Å²) in [5, 5.41) is 21.4. The zero-order valence-corrected chi connectivity index (χ0v) is 12.7. The number of carbonyl (C=O) groups is 1. The molecule has 0 aliphatic rings. The van der Waals surface area contributed by atoms with Crippen molar-refractivity contribution in [3.05, 3.63) is 58.6 Å². The van der Waals surface area contributed by atoms with E-state index in [2.05, 4.69) is 5.32 Å². The molecule has 0 saturated heterocycles. The first-order valence-electron chi connectivity index (χ1n) is 7.16. The molecule has 24 heavy (non-hydrogen) atoms. The number of nitrogens with zero attached hydrogens (tertiary/aromatic N) is 1. The molecule has 2 aromatic carbocycles. The van der Waals surface area contributed by atoms with Crippen LogP contribution < -0.4 is 14.8 Å². The summed E-state index contributed by atoms with van der Waals surface area (Å²) in [6.45, 7) is 0.703. The molecular formula is C16H16N2O6. The summed E-state index contributed by atoms with van der Waals surface area (Å²) in [5.41, 5.74) is -0.0394. The van der Waals surface area contributed by atoms with Crippen molar-refractivity contribution in [3.8, 4) is 17.2 Å². The molecule has 2 aromatic rings. The van der Waals surface area contributed by atoms with E-state index in [9.17, 15) is 14.9 Å². The lowest BCUT2D eigenvalue weighted by Crippen LogP contribution is -2.23. The lowest BCUT2D eigenvalue weighted by molar-refractivity contribution is -0.384. The van der Waals surface area contributed by atoms with Crippen LogP contribution >= 0.6 is 0 Å². The van der Waals surface area contributed by atoms with Crippen molar-refractivity contribution in [2.24, 2.45) is 0 Å². The minimum atomic E-state index is -1.06. The van der Waals surface area contributed by atoms with Gasteiger partial charge in [-0.2, -0.15) is 0 Å². The van der Waals surface area contributed by atoms with E-state index >= 15 is 0 Å². The number of nitrogens with one attached hydrogen (secondary N) is 1. The zero-order chi connectivity index (χ0) is 17.4. The third-order valence-electron chi connectivity index (χ3n) is 2.95. The molecule has 126 valence electrons. The van der Waals surface area contributed by atoms with E-state index in [0.717, 1.165) is 0 Å². The van der Waals surface area contributed by atoms with E-state index in [-0.39, 0.29) is 5.69 Å². The Balaban J connectivity index is 1.84. The summed E-state index contributed by atoms with van der Waals surface area (Å²) in [4.78, 5) is 20.5. The molecule has 2 N–H and O–H groups in total. The lowest BCUT2D eigenvalue weighted by atomic mass is 10.3. The van der Waals surface area contributed by atoms with Gasteiger partial charge in [0, 0.05) is 12.6 Å².